The van der Waals surface area contributed by atoms with Gasteiger partial charge in [-0.1, -0.05) is 42.5 Å². The SMILES string of the molecule is COc1ccc(CC(=O)N2CCCN(C(C)C)CCN(C(=O)CCCOc3ccccc3F)Cc3cccc(C)c32)cc1. The molecule has 0 aromatic heterocycles. The number of anilines is 1. The molecule has 0 saturated heterocycles. The van der Waals surface area contributed by atoms with E-state index in [9.17, 15) is 14.0 Å². The lowest BCUT2D eigenvalue weighted by molar-refractivity contribution is -0.132. The fraction of sp³-hybridized carbons (Fsp3) is 0.429. The molecule has 0 spiro atoms. The molecule has 3 aromatic rings. The summed E-state index contributed by atoms with van der Waals surface area (Å²) in [7, 11) is 1.63. The largest absolute Gasteiger partial charge is 0.497 e. The van der Waals surface area contributed by atoms with Gasteiger partial charge in [-0.25, -0.2) is 4.39 Å². The van der Waals surface area contributed by atoms with Crippen molar-refractivity contribution in [1.82, 2.24) is 9.80 Å². The Morgan fingerprint density at radius 1 is 0.907 bits per heavy atom. The second-order valence-electron chi connectivity index (χ2n) is 11.3. The number of hydrogen-bond acceptors (Lipinski definition) is 5. The summed E-state index contributed by atoms with van der Waals surface area (Å²) in [4.78, 5) is 33.7. The highest BCUT2D eigenvalue weighted by molar-refractivity contribution is 5.96. The number of carbonyl (C=O) groups is 2. The molecule has 0 saturated carbocycles. The summed E-state index contributed by atoms with van der Waals surface area (Å²) >= 11 is 0. The summed E-state index contributed by atoms with van der Waals surface area (Å²) in [5.41, 5.74) is 3.77. The molecule has 0 radical (unpaired) electrons. The quantitative estimate of drug-likeness (QED) is 0.286. The summed E-state index contributed by atoms with van der Waals surface area (Å²) in [5.74, 6) is 0.585. The number of aryl methyl sites for hydroxylation is 1. The van der Waals surface area contributed by atoms with Crippen molar-refractivity contribution < 1.29 is 23.5 Å². The molecule has 1 aliphatic rings. The zero-order valence-electron chi connectivity index (χ0n) is 25.9. The van der Waals surface area contributed by atoms with E-state index in [1.807, 2.05) is 59.2 Å². The first-order valence-electron chi connectivity index (χ1n) is 15.2. The topological polar surface area (TPSA) is 62.3 Å². The first kappa shape index (κ1) is 32.0. The lowest BCUT2D eigenvalue weighted by Crippen LogP contribution is -2.41. The third kappa shape index (κ3) is 8.80. The molecule has 3 aromatic carbocycles. The zero-order chi connectivity index (χ0) is 30.8. The van der Waals surface area contributed by atoms with Crippen LogP contribution >= 0.6 is 0 Å². The van der Waals surface area contributed by atoms with Crippen molar-refractivity contribution in [3.05, 3.63) is 89.2 Å². The van der Waals surface area contributed by atoms with Crippen molar-refractivity contribution >= 4 is 17.5 Å². The Morgan fingerprint density at radius 3 is 2.40 bits per heavy atom. The van der Waals surface area contributed by atoms with Crippen molar-refractivity contribution in [2.75, 3.05) is 44.8 Å². The van der Waals surface area contributed by atoms with Crippen LogP contribution in [0.5, 0.6) is 11.5 Å². The van der Waals surface area contributed by atoms with Crippen LogP contribution in [0.1, 0.15) is 49.8 Å². The monoisotopic (exact) mass is 589 g/mol. The summed E-state index contributed by atoms with van der Waals surface area (Å²) < 4.78 is 24.8. The molecule has 0 unspecified atom stereocenters. The average Bonchev–Trinajstić information content (AvgIpc) is 3.03. The fourth-order valence-electron chi connectivity index (χ4n) is 5.54. The Bertz CT molecular complexity index is 1360. The van der Waals surface area contributed by atoms with Gasteiger partial charge in [0.15, 0.2) is 11.6 Å². The molecule has 43 heavy (non-hydrogen) atoms. The van der Waals surface area contributed by atoms with Crippen molar-refractivity contribution in [1.29, 1.82) is 0 Å². The second-order valence-corrected chi connectivity index (χ2v) is 11.3. The Morgan fingerprint density at radius 2 is 1.67 bits per heavy atom. The fourth-order valence-corrected chi connectivity index (χ4v) is 5.54. The third-order valence-corrected chi connectivity index (χ3v) is 7.96. The molecule has 4 rings (SSSR count). The first-order chi connectivity index (χ1) is 20.8. The van der Waals surface area contributed by atoms with Gasteiger partial charge in [-0.15, -0.1) is 0 Å². The molecule has 8 heteroatoms. The number of ether oxygens (including phenoxy) is 2. The third-order valence-electron chi connectivity index (χ3n) is 7.96. The molecule has 0 aliphatic carbocycles. The van der Waals surface area contributed by atoms with Gasteiger partial charge < -0.3 is 19.3 Å². The van der Waals surface area contributed by atoms with Crippen molar-refractivity contribution in [3.63, 3.8) is 0 Å². The number of rotatable bonds is 9. The summed E-state index contributed by atoms with van der Waals surface area (Å²) in [6, 6.07) is 20.2. The van der Waals surface area contributed by atoms with E-state index in [0.717, 1.165) is 47.6 Å². The second kappa shape index (κ2) is 15.5. The van der Waals surface area contributed by atoms with Crippen LogP contribution in [0.15, 0.2) is 66.7 Å². The number of carbonyl (C=O) groups excluding carboxylic acids is 2. The van der Waals surface area contributed by atoms with Crippen molar-refractivity contribution in [2.24, 2.45) is 0 Å². The number of amides is 2. The van der Waals surface area contributed by atoms with Crippen LogP contribution in [-0.4, -0.2) is 67.6 Å². The molecule has 0 fully saturated rings. The molecule has 0 bridgehead atoms. The number of nitrogens with zero attached hydrogens (tertiary/aromatic N) is 3. The van der Waals surface area contributed by atoms with Gasteiger partial charge in [0.1, 0.15) is 5.75 Å². The van der Waals surface area contributed by atoms with E-state index in [4.69, 9.17) is 9.47 Å². The lowest BCUT2D eigenvalue weighted by Gasteiger charge is -2.30. The average molecular weight is 590 g/mol. The minimum atomic E-state index is -0.409. The molecule has 1 aliphatic heterocycles. The van der Waals surface area contributed by atoms with E-state index in [1.165, 1.54) is 6.07 Å². The Labute approximate surface area is 255 Å². The van der Waals surface area contributed by atoms with Crippen LogP contribution < -0.4 is 14.4 Å². The molecule has 2 amide bonds. The first-order valence-corrected chi connectivity index (χ1v) is 15.2. The highest BCUT2D eigenvalue weighted by atomic mass is 19.1. The minimum Gasteiger partial charge on any atom is -0.497 e. The number of benzene rings is 3. The van der Waals surface area contributed by atoms with Crippen LogP contribution in [0, 0.1) is 12.7 Å². The highest BCUT2D eigenvalue weighted by Crippen LogP contribution is 2.29. The van der Waals surface area contributed by atoms with E-state index in [1.54, 1.807) is 25.3 Å². The van der Waals surface area contributed by atoms with E-state index < -0.39 is 5.82 Å². The molecular formula is C35H44FN3O4. The minimum absolute atomic E-state index is 0.0173. The molecule has 7 nitrogen and oxygen atoms in total. The molecule has 0 atom stereocenters. The van der Waals surface area contributed by atoms with Gasteiger partial charge >= 0.3 is 0 Å². The number of methoxy groups -OCH3 is 1. The maximum Gasteiger partial charge on any atom is 0.231 e. The van der Waals surface area contributed by atoms with E-state index >= 15 is 0 Å². The van der Waals surface area contributed by atoms with Gasteiger partial charge in [0, 0.05) is 45.2 Å². The normalized spacial score (nSPS) is 14.7. The van der Waals surface area contributed by atoms with Crippen molar-refractivity contribution in [3.8, 4) is 11.5 Å². The smallest absolute Gasteiger partial charge is 0.231 e. The van der Waals surface area contributed by atoms with Gasteiger partial charge in [0.25, 0.3) is 0 Å². The van der Waals surface area contributed by atoms with Gasteiger partial charge in [-0.05, 0) is 74.6 Å². The Kier molecular flexibility index (Phi) is 11.6. The Hall–Kier alpha value is -3.91. The van der Waals surface area contributed by atoms with Gasteiger partial charge in [-0.3, -0.25) is 14.5 Å². The standard InChI is InChI=1S/C35H44FN3O4/c1-26(2)37-19-9-20-39(34(41)24-28-15-17-30(42-4)18-16-28)35-27(3)10-7-11-29(35)25-38(22-21-37)33(40)14-8-23-43-32-13-6-5-12-31(32)36/h5-7,10-13,15-18,26H,8-9,14,19-25H2,1-4H3. The van der Waals surface area contributed by atoms with Crippen LogP contribution in [0.25, 0.3) is 0 Å². The van der Waals surface area contributed by atoms with Crippen LogP contribution in [0.4, 0.5) is 10.1 Å². The van der Waals surface area contributed by atoms with E-state index in [0.29, 0.717) is 32.1 Å². The summed E-state index contributed by atoms with van der Waals surface area (Å²) in [5, 5.41) is 0. The predicted molar refractivity (Wildman–Crippen MR) is 168 cm³/mol. The number of fused-ring (bicyclic) bond motifs is 1. The van der Waals surface area contributed by atoms with E-state index in [-0.39, 0.29) is 37.0 Å². The predicted octanol–water partition coefficient (Wildman–Crippen LogP) is 6.02. The van der Waals surface area contributed by atoms with E-state index in [2.05, 4.69) is 18.7 Å². The Balaban J connectivity index is 1.55. The van der Waals surface area contributed by atoms with Gasteiger partial charge in [0.05, 0.1) is 25.8 Å². The van der Waals surface area contributed by atoms with Gasteiger partial charge in [-0.2, -0.15) is 0 Å². The number of para-hydroxylation sites is 2. The lowest BCUT2D eigenvalue weighted by atomic mass is 10.0. The van der Waals surface area contributed by atoms with Crippen LogP contribution in [0.3, 0.4) is 0 Å². The maximum atomic E-state index is 13.9. The summed E-state index contributed by atoms with van der Waals surface area (Å²) in [6.07, 6.45) is 1.86. The number of hydrogen-bond donors (Lipinski definition) is 0. The van der Waals surface area contributed by atoms with Crippen LogP contribution in [0.2, 0.25) is 0 Å². The molecular weight excluding hydrogens is 545 g/mol. The zero-order valence-corrected chi connectivity index (χ0v) is 25.9. The van der Waals surface area contributed by atoms with Gasteiger partial charge in [0.2, 0.25) is 11.8 Å². The molecule has 230 valence electrons. The summed E-state index contributed by atoms with van der Waals surface area (Å²) in [6.45, 7) is 9.76. The van der Waals surface area contributed by atoms with Crippen LogP contribution in [-0.2, 0) is 22.6 Å². The maximum absolute atomic E-state index is 13.9. The number of halogens is 1. The molecule has 1 heterocycles. The highest BCUT2D eigenvalue weighted by Gasteiger charge is 2.25. The van der Waals surface area contributed by atoms with Crippen molar-refractivity contribution in [2.45, 2.75) is 59.0 Å². The molecule has 0 N–H and O–H groups in total.